The summed E-state index contributed by atoms with van der Waals surface area (Å²) >= 11 is 0. The molecule has 0 radical (unpaired) electrons. The molecule has 5 nitrogen and oxygen atoms in total. The Kier molecular flexibility index (Phi) is 6.01. The van der Waals surface area contributed by atoms with Gasteiger partial charge in [-0.1, -0.05) is 24.3 Å². The summed E-state index contributed by atoms with van der Waals surface area (Å²) in [7, 11) is 4.73. The van der Waals surface area contributed by atoms with Gasteiger partial charge in [-0.15, -0.1) is 0 Å². The summed E-state index contributed by atoms with van der Waals surface area (Å²) in [6, 6.07) is 11.9. The van der Waals surface area contributed by atoms with Crippen LogP contribution in [0, 0.1) is 0 Å². The molecule has 1 atom stereocenters. The number of methoxy groups -OCH3 is 3. The molecule has 2 aromatic carbocycles. The zero-order valence-corrected chi connectivity index (χ0v) is 16.0. The van der Waals surface area contributed by atoms with Crippen LogP contribution < -0.4 is 19.5 Å². The summed E-state index contributed by atoms with van der Waals surface area (Å²) < 4.78 is 16.0. The van der Waals surface area contributed by atoms with Gasteiger partial charge >= 0.3 is 0 Å². The summed E-state index contributed by atoms with van der Waals surface area (Å²) in [6.07, 6.45) is 6.36. The fourth-order valence-corrected chi connectivity index (χ4v) is 3.47. The Hall–Kier alpha value is -2.95. The average molecular weight is 367 g/mol. The Morgan fingerprint density at radius 1 is 1.04 bits per heavy atom. The van der Waals surface area contributed by atoms with Crippen molar-refractivity contribution in [3.8, 4) is 17.2 Å². The molecule has 0 unspecified atom stereocenters. The van der Waals surface area contributed by atoms with Gasteiger partial charge in [0, 0.05) is 17.7 Å². The molecule has 142 valence electrons. The predicted molar refractivity (Wildman–Crippen MR) is 105 cm³/mol. The number of carbonyl (C=O) groups is 1. The van der Waals surface area contributed by atoms with E-state index in [2.05, 4.69) is 17.4 Å². The maximum absolute atomic E-state index is 12.5. The second-order valence-corrected chi connectivity index (χ2v) is 6.43. The van der Waals surface area contributed by atoms with Crippen molar-refractivity contribution in [2.24, 2.45) is 0 Å². The van der Waals surface area contributed by atoms with Crippen LogP contribution in [0.3, 0.4) is 0 Å². The lowest BCUT2D eigenvalue weighted by atomic mass is 9.88. The third-order valence-corrected chi connectivity index (χ3v) is 4.84. The zero-order valence-electron chi connectivity index (χ0n) is 16.0. The quantitative estimate of drug-likeness (QED) is 0.786. The SMILES string of the molecule is COc1cc(OC)c(OC)cc1/C=C/C(=O)N[C@@H]1CCCc2ccccc21. The number of aryl methyl sites for hydroxylation is 1. The summed E-state index contributed by atoms with van der Waals surface area (Å²) in [4.78, 5) is 12.5. The van der Waals surface area contributed by atoms with E-state index in [0.29, 0.717) is 17.2 Å². The highest BCUT2D eigenvalue weighted by Crippen LogP contribution is 2.35. The topological polar surface area (TPSA) is 56.8 Å². The first-order valence-electron chi connectivity index (χ1n) is 9.02. The number of benzene rings is 2. The number of carbonyl (C=O) groups excluding carboxylic acids is 1. The Balaban J connectivity index is 1.76. The van der Waals surface area contributed by atoms with Gasteiger partial charge in [0.15, 0.2) is 11.5 Å². The number of nitrogens with one attached hydrogen (secondary N) is 1. The minimum Gasteiger partial charge on any atom is -0.496 e. The molecule has 0 saturated heterocycles. The normalized spacial score (nSPS) is 15.9. The molecule has 1 aliphatic rings. The lowest BCUT2D eigenvalue weighted by Gasteiger charge is -2.25. The van der Waals surface area contributed by atoms with E-state index in [1.807, 2.05) is 12.1 Å². The van der Waals surface area contributed by atoms with Crippen molar-refractivity contribution in [2.45, 2.75) is 25.3 Å². The van der Waals surface area contributed by atoms with E-state index in [9.17, 15) is 4.79 Å². The standard InChI is InChI=1S/C22H25NO4/c1-25-19-14-21(27-3)20(26-2)13-16(19)11-12-22(24)23-18-10-6-8-15-7-4-5-9-17(15)18/h4-5,7,9,11-14,18H,6,8,10H2,1-3H3,(H,23,24)/b12-11+/t18-/m1/s1. The molecule has 27 heavy (non-hydrogen) atoms. The lowest BCUT2D eigenvalue weighted by Crippen LogP contribution is -2.29. The van der Waals surface area contributed by atoms with E-state index in [-0.39, 0.29) is 11.9 Å². The van der Waals surface area contributed by atoms with Crippen molar-refractivity contribution in [3.05, 3.63) is 59.2 Å². The number of ether oxygens (including phenoxy) is 3. The van der Waals surface area contributed by atoms with Crippen LogP contribution in [-0.4, -0.2) is 27.2 Å². The van der Waals surface area contributed by atoms with Gasteiger partial charge in [-0.05, 0) is 42.5 Å². The first-order chi connectivity index (χ1) is 13.2. The maximum atomic E-state index is 12.5. The molecule has 1 amide bonds. The highest BCUT2D eigenvalue weighted by atomic mass is 16.5. The van der Waals surface area contributed by atoms with Crippen molar-refractivity contribution in [3.63, 3.8) is 0 Å². The maximum Gasteiger partial charge on any atom is 0.244 e. The van der Waals surface area contributed by atoms with E-state index in [1.54, 1.807) is 39.5 Å². The minimum atomic E-state index is -0.131. The van der Waals surface area contributed by atoms with Crippen molar-refractivity contribution in [1.29, 1.82) is 0 Å². The number of rotatable bonds is 6. The molecule has 3 rings (SSSR count). The first kappa shape index (κ1) is 18.8. The predicted octanol–water partition coefficient (Wildman–Crippen LogP) is 3.92. The van der Waals surface area contributed by atoms with Gasteiger partial charge < -0.3 is 19.5 Å². The largest absolute Gasteiger partial charge is 0.496 e. The summed E-state index contributed by atoms with van der Waals surface area (Å²) in [5.41, 5.74) is 3.28. The van der Waals surface area contributed by atoms with Gasteiger partial charge in [0.05, 0.1) is 27.4 Å². The third-order valence-electron chi connectivity index (χ3n) is 4.84. The van der Waals surface area contributed by atoms with E-state index in [4.69, 9.17) is 14.2 Å². The van der Waals surface area contributed by atoms with Crippen LogP contribution in [0.1, 0.15) is 35.6 Å². The fourth-order valence-electron chi connectivity index (χ4n) is 3.47. The van der Waals surface area contributed by atoms with Crippen LogP contribution >= 0.6 is 0 Å². The van der Waals surface area contributed by atoms with Crippen molar-refractivity contribution in [1.82, 2.24) is 5.32 Å². The fraction of sp³-hybridized carbons (Fsp3) is 0.318. The van der Waals surface area contributed by atoms with Gasteiger partial charge in [-0.2, -0.15) is 0 Å². The molecular weight excluding hydrogens is 342 g/mol. The molecule has 1 N–H and O–H groups in total. The molecular formula is C22H25NO4. The molecule has 0 aliphatic heterocycles. The van der Waals surface area contributed by atoms with Gasteiger partial charge in [-0.25, -0.2) is 0 Å². The highest BCUT2D eigenvalue weighted by Gasteiger charge is 2.20. The molecule has 0 saturated carbocycles. The second-order valence-electron chi connectivity index (χ2n) is 6.43. The van der Waals surface area contributed by atoms with Crippen LogP contribution in [0.15, 0.2) is 42.5 Å². The van der Waals surface area contributed by atoms with Gasteiger partial charge in [0.1, 0.15) is 5.75 Å². The summed E-state index contributed by atoms with van der Waals surface area (Å²) in [5, 5.41) is 3.11. The van der Waals surface area contributed by atoms with E-state index in [1.165, 1.54) is 17.2 Å². The minimum absolute atomic E-state index is 0.0550. The lowest BCUT2D eigenvalue weighted by molar-refractivity contribution is -0.117. The molecule has 0 aromatic heterocycles. The average Bonchev–Trinajstić information content (AvgIpc) is 2.71. The Morgan fingerprint density at radius 2 is 1.74 bits per heavy atom. The number of fused-ring (bicyclic) bond motifs is 1. The Labute approximate surface area is 159 Å². The van der Waals surface area contributed by atoms with Crippen molar-refractivity contribution >= 4 is 12.0 Å². The second kappa shape index (κ2) is 8.62. The smallest absolute Gasteiger partial charge is 0.244 e. The molecule has 5 heteroatoms. The molecule has 2 aromatic rings. The van der Waals surface area contributed by atoms with Crippen LogP contribution in [0.5, 0.6) is 17.2 Å². The number of hydrogen-bond donors (Lipinski definition) is 1. The van der Waals surface area contributed by atoms with Gasteiger partial charge in [0.2, 0.25) is 5.91 Å². The van der Waals surface area contributed by atoms with E-state index >= 15 is 0 Å². The molecule has 0 heterocycles. The summed E-state index contributed by atoms with van der Waals surface area (Å²) in [5.74, 6) is 1.64. The Bertz CT molecular complexity index is 844. The Morgan fingerprint density at radius 3 is 2.48 bits per heavy atom. The molecule has 0 spiro atoms. The van der Waals surface area contributed by atoms with Crippen molar-refractivity contribution in [2.75, 3.05) is 21.3 Å². The first-order valence-corrected chi connectivity index (χ1v) is 9.02. The molecule has 1 aliphatic carbocycles. The monoisotopic (exact) mass is 367 g/mol. The van der Waals surface area contributed by atoms with Crippen LogP contribution in [0.4, 0.5) is 0 Å². The van der Waals surface area contributed by atoms with Crippen LogP contribution in [0.25, 0.3) is 6.08 Å². The van der Waals surface area contributed by atoms with Gasteiger partial charge in [0.25, 0.3) is 0 Å². The van der Waals surface area contributed by atoms with Gasteiger partial charge in [-0.3, -0.25) is 4.79 Å². The molecule has 0 fully saturated rings. The highest BCUT2D eigenvalue weighted by molar-refractivity contribution is 5.92. The number of hydrogen-bond acceptors (Lipinski definition) is 4. The van der Waals surface area contributed by atoms with E-state index in [0.717, 1.165) is 24.8 Å². The van der Waals surface area contributed by atoms with Crippen LogP contribution in [0.2, 0.25) is 0 Å². The van der Waals surface area contributed by atoms with E-state index < -0.39 is 0 Å². The zero-order chi connectivity index (χ0) is 19.2. The third kappa shape index (κ3) is 4.25. The van der Waals surface area contributed by atoms with Crippen molar-refractivity contribution < 1.29 is 19.0 Å². The van der Waals surface area contributed by atoms with Crippen LogP contribution in [-0.2, 0) is 11.2 Å². The number of amides is 1. The summed E-state index contributed by atoms with van der Waals surface area (Å²) in [6.45, 7) is 0. The molecule has 0 bridgehead atoms.